The second-order valence-electron chi connectivity index (χ2n) is 7.49. The minimum absolute atomic E-state index is 0.0417. The first kappa shape index (κ1) is 19.4. The van der Waals surface area contributed by atoms with Gasteiger partial charge >= 0.3 is 0 Å². The summed E-state index contributed by atoms with van der Waals surface area (Å²) in [6, 6.07) is 7.28. The Morgan fingerprint density at radius 1 is 0.962 bits per heavy atom. The van der Waals surface area contributed by atoms with E-state index >= 15 is 0 Å². The number of nitrogens with one attached hydrogen (secondary N) is 1. The van der Waals surface area contributed by atoms with Gasteiger partial charge in [0.1, 0.15) is 0 Å². The monoisotopic (exact) mass is 378 g/mol. The zero-order chi connectivity index (χ0) is 18.4. The normalized spacial score (nSPS) is 19.5. The van der Waals surface area contributed by atoms with Gasteiger partial charge in [0, 0.05) is 26.1 Å². The van der Waals surface area contributed by atoms with Gasteiger partial charge in [-0.15, -0.1) is 0 Å². The van der Waals surface area contributed by atoms with Crippen LogP contribution in [0.25, 0.3) is 0 Å². The summed E-state index contributed by atoms with van der Waals surface area (Å²) in [4.78, 5) is 14.3. The standard InChI is InChI=1S/C20H30N2O3S/c23-20(22-15-5-2-6-16-22)13-14-21-26(24,25)19-11-9-18(10-12-19)17-7-3-1-4-8-17/h9-12,17,21H,1-8,13-16H2. The number of hydrogen-bond acceptors (Lipinski definition) is 3. The highest BCUT2D eigenvalue weighted by Crippen LogP contribution is 2.32. The zero-order valence-electron chi connectivity index (χ0n) is 15.5. The summed E-state index contributed by atoms with van der Waals surface area (Å²) < 4.78 is 27.5. The maximum atomic E-state index is 12.4. The maximum absolute atomic E-state index is 12.4. The van der Waals surface area contributed by atoms with Crippen molar-refractivity contribution < 1.29 is 13.2 Å². The van der Waals surface area contributed by atoms with Crippen LogP contribution in [0.15, 0.2) is 29.2 Å². The largest absolute Gasteiger partial charge is 0.343 e. The molecule has 0 aromatic heterocycles. The molecule has 2 aliphatic rings. The molecule has 0 unspecified atom stereocenters. The van der Waals surface area contributed by atoms with E-state index in [1.165, 1.54) is 44.1 Å². The molecule has 2 fully saturated rings. The lowest BCUT2D eigenvalue weighted by Gasteiger charge is -2.26. The number of amides is 1. The molecule has 1 aliphatic heterocycles. The number of carbonyl (C=O) groups is 1. The van der Waals surface area contributed by atoms with E-state index in [1.807, 2.05) is 17.0 Å². The van der Waals surface area contributed by atoms with Gasteiger partial charge in [-0.3, -0.25) is 4.79 Å². The summed E-state index contributed by atoms with van der Waals surface area (Å²) in [7, 11) is -3.55. The fraction of sp³-hybridized carbons (Fsp3) is 0.650. The lowest BCUT2D eigenvalue weighted by atomic mass is 9.84. The molecule has 1 amide bonds. The Kier molecular flexibility index (Phi) is 6.70. The van der Waals surface area contributed by atoms with Crippen molar-refractivity contribution in [2.45, 2.75) is 68.6 Å². The van der Waals surface area contributed by atoms with Crippen molar-refractivity contribution in [3.63, 3.8) is 0 Å². The van der Waals surface area contributed by atoms with Gasteiger partial charge in [0.25, 0.3) is 0 Å². The van der Waals surface area contributed by atoms with Crippen LogP contribution in [0.4, 0.5) is 0 Å². The SMILES string of the molecule is O=C(CCNS(=O)(=O)c1ccc(C2CCCCC2)cc1)N1CCCCC1. The highest BCUT2D eigenvalue weighted by molar-refractivity contribution is 7.89. The highest BCUT2D eigenvalue weighted by atomic mass is 32.2. The molecule has 0 bridgehead atoms. The van der Waals surface area contributed by atoms with Crippen molar-refractivity contribution in [2.24, 2.45) is 0 Å². The molecule has 0 atom stereocenters. The number of piperidine rings is 1. The number of sulfonamides is 1. The lowest BCUT2D eigenvalue weighted by molar-refractivity contribution is -0.131. The Bertz CT molecular complexity index is 688. The van der Waals surface area contributed by atoms with Crippen LogP contribution in [0.1, 0.15) is 69.3 Å². The van der Waals surface area contributed by atoms with Gasteiger partial charge in [0.2, 0.25) is 15.9 Å². The predicted octanol–water partition coefficient (Wildman–Crippen LogP) is 3.42. The molecule has 1 heterocycles. The number of likely N-dealkylation sites (tertiary alicyclic amines) is 1. The number of rotatable bonds is 6. The number of nitrogens with zero attached hydrogens (tertiary/aromatic N) is 1. The number of hydrogen-bond donors (Lipinski definition) is 1. The van der Waals surface area contributed by atoms with Crippen LogP contribution in [-0.2, 0) is 14.8 Å². The molecule has 26 heavy (non-hydrogen) atoms. The third-order valence-electron chi connectivity index (χ3n) is 5.61. The number of benzene rings is 1. The lowest BCUT2D eigenvalue weighted by Crippen LogP contribution is -2.37. The van der Waals surface area contributed by atoms with Crippen molar-refractivity contribution >= 4 is 15.9 Å². The Hall–Kier alpha value is -1.40. The minimum atomic E-state index is -3.55. The zero-order valence-corrected chi connectivity index (χ0v) is 16.3. The number of carbonyl (C=O) groups excluding carboxylic acids is 1. The first-order chi connectivity index (χ1) is 12.6. The van der Waals surface area contributed by atoms with Crippen LogP contribution < -0.4 is 4.72 Å². The molecule has 5 nitrogen and oxygen atoms in total. The molecular formula is C20H30N2O3S. The first-order valence-electron chi connectivity index (χ1n) is 9.94. The highest BCUT2D eigenvalue weighted by Gasteiger charge is 2.20. The van der Waals surface area contributed by atoms with Crippen LogP contribution >= 0.6 is 0 Å². The average Bonchev–Trinajstić information content (AvgIpc) is 2.69. The van der Waals surface area contributed by atoms with Gasteiger partial charge in [0.15, 0.2) is 0 Å². The molecule has 1 aromatic rings. The fourth-order valence-electron chi connectivity index (χ4n) is 4.03. The Balaban J connectivity index is 1.51. The van der Waals surface area contributed by atoms with Crippen LogP contribution in [0.5, 0.6) is 0 Å². The van der Waals surface area contributed by atoms with Gasteiger partial charge < -0.3 is 4.90 Å². The Morgan fingerprint density at radius 2 is 1.58 bits per heavy atom. The summed E-state index contributed by atoms with van der Waals surface area (Å²) in [5.41, 5.74) is 1.24. The molecule has 1 N–H and O–H groups in total. The van der Waals surface area contributed by atoms with Gasteiger partial charge in [0.05, 0.1) is 4.90 Å². The summed E-state index contributed by atoms with van der Waals surface area (Å²) in [6.45, 7) is 1.75. The summed E-state index contributed by atoms with van der Waals surface area (Å²) in [5, 5.41) is 0. The Labute approximate surface area is 157 Å². The third-order valence-corrected chi connectivity index (χ3v) is 7.08. The van der Waals surface area contributed by atoms with Crippen LogP contribution in [0.3, 0.4) is 0 Å². The third kappa shape index (κ3) is 5.07. The van der Waals surface area contributed by atoms with Crippen LogP contribution in [-0.4, -0.2) is 38.9 Å². The van der Waals surface area contributed by atoms with E-state index in [9.17, 15) is 13.2 Å². The summed E-state index contributed by atoms with van der Waals surface area (Å²) in [5.74, 6) is 0.607. The minimum Gasteiger partial charge on any atom is -0.343 e. The summed E-state index contributed by atoms with van der Waals surface area (Å²) >= 11 is 0. The smallest absolute Gasteiger partial charge is 0.240 e. The van der Waals surface area contributed by atoms with Crippen LogP contribution in [0.2, 0.25) is 0 Å². The molecule has 1 saturated heterocycles. The van der Waals surface area contributed by atoms with E-state index in [4.69, 9.17) is 0 Å². The average molecular weight is 379 g/mol. The Morgan fingerprint density at radius 3 is 2.23 bits per heavy atom. The van der Waals surface area contributed by atoms with Gasteiger partial charge in [-0.2, -0.15) is 0 Å². The molecule has 1 saturated carbocycles. The fourth-order valence-corrected chi connectivity index (χ4v) is 5.06. The molecule has 1 aliphatic carbocycles. The van der Waals surface area contributed by atoms with E-state index in [1.54, 1.807) is 12.1 Å². The van der Waals surface area contributed by atoms with E-state index in [2.05, 4.69) is 4.72 Å². The molecular weight excluding hydrogens is 348 g/mol. The summed E-state index contributed by atoms with van der Waals surface area (Å²) in [6.07, 6.45) is 9.71. The van der Waals surface area contributed by atoms with Crippen molar-refractivity contribution in [1.82, 2.24) is 9.62 Å². The molecule has 144 valence electrons. The van der Waals surface area contributed by atoms with Gasteiger partial charge in [-0.1, -0.05) is 31.4 Å². The second-order valence-corrected chi connectivity index (χ2v) is 9.26. The second kappa shape index (κ2) is 9.00. The predicted molar refractivity (Wildman–Crippen MR) is 103 cm³/mol. The molecule has 1 aromatic carbocycles. The molecule has 3 rings (SSSR count). The van der Waals surface area contributed by atoms with Crippen molar-refractivity contribution in [3.05, 3.63) is 29.8 Å². The molecule has 0 radical (unpaired) electrons. The van der Waals surface area contributed by atoms with E-state index in [0.717, 1.165) is 25.9 Å². The van der Waals surface area contributed by atoms with Gasteiger partial charge in [-0.25, -0.2) is 13.1 Å². The van der Waals surface area contributed by atoms with Crippen molar-refractivity contribution in [3.8, 4) is 0 Å². The van der Waals surface area contributed by atoms with Gasteiger partial charge in [-0.05, 0) is 55.7 Å². The topological polar surface area (TPSA) is 66.5 Å². The van der Waals surface area contributed by atoms with Crippen LogP contribution in [0, 0.1) is 0 Å². The van der Waals surface area contributed by atoms with E-state index < -0.39 is 10.0 Å². The quantitative estimate of drug-likeness (QED) is 0.825. The van der Waals surface area contributed by atoms with E-state index in [0.29, 0.717) is 5.92 Å². The molecule has 0 spiro atoms. The molecule has 6 heteroatoms. The van der Waals surface area contributed by atoms with Crippen molar-refractivity contribution in [2.75, 3.05) is 19.6 Å². The first-order valence-corrected chi connectivity index (χ1v) is 11.4. The van der Waals surface area contributed by atoms with Crippen molar-refractivity contribution in [1.29, 1.82) is 0 Å². The maximum Gasteiger partial charge on any atom is 0.240 e. The van der Waals surface area contributed by atoms with E-state index in [-0.39, 0.29) is 23.8 Å².